The predicted octanol–water partition coefficient (Wildman–Crippen LogP) is 2.26. The SMILES string of the molecule is Fc1cccc(-n2cc(CNC3CC3)cn2)c1. The average molecular weight is 231 g/mol. The number of halogens is 1. The molecule has 3 rings (SSSR count). The van der Waals surface area contributed by atoms with Crippen molar-refractivity contribution in [3.05, 3.63) is 48.0 Å². The second-order valence-corrected chi connectivity index (χ2v) is 4.43. The van der Waals surface area contributed by atoms with Crippen LogP contribution in [0.15, 0.2) is 36.7 Å². The van der Waals surface area contributed by atoms with Crippen LogP contribution in [0.5, 0.6) is 0 Å². The van der Waals surface area contributed by atoms with E-state index < -0.39 is 0 Å². The summed E-state index contributed by atoms with van der Waals surface area (Å²) in [5.41, 5.74) is 1.88. The number of nitrogens with one attached hydrogen (secondary N) is 1. The number of hydrogen-bond acceptors (Lipinski definition) is 2. The van der Waals surface area contributed by atoms with E-state index in [0.717, 1.165) is 17.8 Å². The van der Waals surface area contributed by atoms with Crippen LogP contribution in [0.3, 0.4) is 0 Å². The van der Waals surface area contributed by atoms with E-state index in [1.807, 2.05) is 18.5 Å². The molecule has 1 aliphatic rings. The highest BCUT2D eigenvalue weighted by Crippen LogP contribution is 2.19. The molecule has 0 amide bonds. The number of nitrogens with zero attached hydrogens (tertiary/aromatic N) is 2. The Bertz CT molecular complexity index is 517. The molecule has 0 saturated heterocycles. The third kappa shape index (κ3) is 2.53. The van der Waals surface area contributed by atoms with Crippen LogP contribution in [0.4, 0.5) is 4.39 Å². The molecule has 17 heavy (non-hydrogen) atoms. The van der Waals surface area contributed by atoms with Gasteiger partial charge in [0.2, 0.25) is 0 Å². The van der Waals surface area contributed by atoms with Crippen molar-refractivity contribution in [1.82, 2.24) is 15.1 Å². The van der Waals surface area contributed by atoms with Gasteiger partial charge in [0.25, 0.3) is 0 Å². The maximum Gasteiger partial charge on any atom is 0.125 e. The van der Waals surface area contributed by atoms with Gasteiger partial charge in [-0.1, -0.05) is 6.07 Å². The third-order valence-electron chi connectivity index (χ3n) is 2.88. The van der Waals surface area contributed by atoms with Crippen LogP contribution < -0.4 is 5.32 Å². The molecular formula is C13H14FN3. The number of hydrogen-bond donors (Lipinski definition) is 1. The molecule has 0 spiro atoms. The van der Waals surface area contributed by atoms with E-state index in [4.69, 9.17) is 0 Å². The van der Waals surface area contributed by atoms with Gasteiger partial charge in [-0.2, -0.15) is 5.10 Å². The zero-order valence-electron chi connectivity index (χ0n) is 9.44. The van der Waals surface area contributed by atoms with Gasteiger partial charge >= 0.3 is 0 Å². The molecule has 4 heteroatoms. The summed E-state index contributed by atoms with van der Waals surface area (Å²) in [6.07, 6.45) is 6.31. The van der Waals surface area contributed by atoms with Gasteiger partial charge in [-0.3, -0.25) is 0 Å². The smallest absolute Gasteiger partial charge is 0.125 e. The van der Waals surface area contributed by atoms with E-state index in [9.17, 15) is 4.39 Å². The highest BCUT2D eigenvalue weighted by molar-refractivity contribution is 5.31. The first kappa shape index (κ1) is 10.5. The fraction of sp³-hybridized carbons (Fsp3) is 0.308. The van der Waals surface area contributed by atoms with Crippen molar-refractivity contribution in [2.24, 2.45) is 0 Å². The van der Waals surface area contributed by atoms with Crippen molar-refractivity contribution in [3.8, 4) is 5.69 Å². The van der Waals surface area contributed by atoms with Crippen LogP contribution in [0.2, 0.25) is 0 Å². The molecule has 3 nitrogen and oxygen atoms in total. The number of aromatic nitrogens is 2. The minimum absolute atomic E-state index is 0.240. The van der Waals surface area contributed by atoms with Gasteiger partial charge in [0.15, 0.2) is 0 Å². The Kier molecular flexibility index (Phi) is 2.65. The molecule has 0 unspecified atom stereocenters. The summed E-state index contributed by atoms with van der Waals surface area (Å²) in [6, 6.07) is 7.13. The van der Waals surface area contributed by atoms with Crippen LogP contribution in [-0.4, -0.2) is 15.8 Å². The molecule has 1 N–H and O–H groups in total. The first-order chi connectivity index (χ1) is 8.31. The van der Waals surface area contributed by atoms with E-state index in [1.54, 1.807) is 10.7 Å². The van der Waals surface area contributed by atoms with Crippen molar-refractivity contribution in [2.75, 3.05) is 0 Å². The molecule has 0 bridgehead atoms. The van der Waals surface area contributed by atoms with Crippen LogP contribution in [0.25, 0.3) is 5.69 Å². The van der Waals surface area contributed by atoms with Crippen LogP contribution >= 0.6 is 0 Å². The van der Waals surface area contributed by atoms with Gasteiger partial charge in [-0.05, 0) is 31.0 Å². The highest BCUT2D eigenvalue weighted by atomic mass is 19.1. The second-order valence-electron chi connectivity index (χ2n) is 4.43. The van der Waals surface area contributed by atoms with E-state index in [2.05, 4.69) is 10.4 Å². The van der Waals surface area contributed by atoms with E-state index in [1.165, 1.54) is 25.0 Å². The van der Waals surface area contributed by atoms with Crippen molar-refractivity contribution in [3.63, 3.8) is 0 Å². The van der Waals surface area contributed by atoms with Crippen molar-refractivity contribution in [2.45, 2.75) is 25.4 Å². The molecule has 1 saturated carbocycles. The zero-order valence-corrected chi connectivity index (χ0v) is 9.44. The Balaban J connectivity index is 1.74. The lowest BCUT2D eigenvalue weighted by Gasteiger charge is -2.01. The van der Waals surface area contributed by atoms with E-state index in [0.29, 0.717) is 6.04 Å². The minimum Gasteiger partial charge on any atom is -0.310 e. The average Bonchev–Trinajstić information content (AvgIpc) is 3.04. The topological polar surface area (TPSA) is 29.9 Å². The summed E-state index contributed by atoms with van der Waals surface area (Å²) < 4.78 is 14.8. The zero-order chi connectivity index (χ0) is 11.7. The maximum atomic E-state index is 13.1. The maximum absolute atomic E-state index is 13.1. The Labute approximate surface area is 99.3 Å². The molecule has 0 radical (unpaired) electrons. The quantitative estimate of drug-likeness (QED) is 0.874. The fourth-order valence-corrected chi connectivity index (χ4v) is 1.76. The molecule has 2 aromatic rings. The van der Waals surface area contributed by atoms with Gasteiger partial charge in [-0.15, -0.1) is 0 Å². The molecule has 1 aromatic heterocycles. The van der Waals surface area contributed by atoms with E-state index in [-0.39, 0.29) is 5.82 Å². The summed E-state index contributed by atoms with van der Waals surface area (Å²) in [7, 11) is 0. The molecule has 1 fully saturated rings. The molecular weight excluding hydrogens is 217 g/mol. The standard InChI is InChI=1S/C13H14FN3/c14-11-2-1-3-13(6-11)17-9-10(8-16-17)7-15-12-4-5-12/h1-3,6,8-9,12,15H,4-5,7H2. The van der Waals surface area contributed by atoms with Gasteiger partial charge in [0.05, 0.1) is 11.9 Å². The number of rotatable bonds is 4. The second kappa shape index (κ2) is 4.30. The summed E-state index contributed by atoms with van der Waals surface area (Å²) in [6.45, 7) is 0.833. The van der Waals surface area contributed by atoms with Gasteiger partial charge < -0.3 is 5.32 Å². The molecule has 1 aliphatic carbocycles. The van der Waals surface area contributed by atoms with Gasteiger partial charge in [0.1, 0.15) is 5.82 Å². The lowest BCUT2D eigenvalue weighted by atomic mass is 10.3. The van der Waals surface area contributed by atoms with Crippen LogP contribution in [0, 0.1) is 5.82 Å². The lowest BCUT2D eigenvalue weighted by molar-refractivity contribution is 0.625. The molecule has 0 atom stereocenters. The Hall–Kier alpha value is -1.68. The molecule has 1 aromatic carbocycles. The summed E-state index contributed by atoms with van der Waals surface area (Å²) >= 11 is 0. The van der Waals surface area contributed by atoms with Gasteiger partial charge in [0, 0.05) is 24.3 Å². The number of benzene rings is 1. The largest absolute Gasteiger partial charge is 0.310 e. The first-order valence-corrected chi connectivity index (χ1v) is 5.84. The van der Waals surface area contributed by atoms with Crippen LogP contribution in [-0.2, 0) is 6.54 Å². The van der Waals surface area contributed by atoms with Crippen molar-refractivity contribution >= 4 is 0 Å². The Morgan fingerprint density at radius 2 is 2.29 bits per heavy atom. The lowest BCUT2D eigenvalue weighted by Crippen LogP contribution is -2.14. The summed E-state index contributed by atoms with van der Waals surface area (Å²) in [4.78, 5) is 0. The highest BCUT2D eigenvalue weighted by Gasteiger charge is 2.20. The fourth-order valence-electron chi connectivity index (χ4n) is 1.76. The summed E-state index contributed by atoms with van der Waals surface area (Å²) in [5, 5.41) is 7.66. The van der Waals surface area contributed by atoms with Crippen molar-refractivity contribution in [1.29, 1.82) is 0 Å². The molecule has 88 valence electrons. The minimum atomic E-state index is -0.240. The summed E-state index contributed by atoms with van der Waals surface area (Å²) in [5.74, 6) is -0.240. The first-order valence-electron chi connectivity index (χ1n) is 5.84. The molecule has 1 heterocycles. The normalized spacial score (nSPS) is 15.1. The molecule has 0 aliphatic heterocycles. The monoisotopic (exact) mass is 231 g/mol. The third-order valence-corrected chi connectivity index (χ3v) is 2.88. The van der Waals surface area contributed by atoms with Gasteiger partial charge in [-0.25, -0.2) is 9.07 Å². The Morgan fingerprint density at radius 1 is 1.41 bits per heavy atom. The Morgan fingerprint density at radius 3 is 3.06 bits per heavy atom. The van der Waals surface area contributed by atoms with E-state index >= 15 is 0 Å². The predicted molar refractivity (Wildman–Crippen MR) is 63.4 cm³/mol. The van der Waals surface area contributed by atoms with Crippen molar-refractivity contribution < 1.29 is 4.39 Å². The van der Waals surface area contributed by atoms with Crippen LogP contribution in [0.1, 0.15) is 18.4 Å².